The Balaban J connectivity index is 1.79. The molecule has 1 aliphatic rings. The molecule has 0 radical (unpaired) electrons. The van der Waals surface area contributed by atoms with Gasteiger partial charge in [-0.2, -0.15) is 0 Å². The number of morpholine rings is 1. The van der Waals surface area contributed by atoms with Crippen molar-refractivity contribution in [3.63, 3.8) is 0 Å². The number of rotatable bonds is 10. The maximum Gasteiger partial charge on any atom is 0.318 e. The predicted octanol–water partition coefficient (Wildman–Crippen LogP) is 4.52. The lowest BCUT2D eigenvalue weighted by Crippen LogP contribution is -2.51. The van der Waals surface area contributed by atoms with Gasteiger partial charge >= 0.3 is 6.03 Å². The summed E-state index contributed by atoms with van der Waals surface area (Å²) in [6, 6.07) is 10.7. The second kappa shape index (κ2) is 12.8. The fourth-order valence-electron chi connectivity index (χ4n) is 3.85. The van der Waals surface area contributed by atoms with Gasteiger partial charge in [-0.25, -0.2) is 4.79 Å². The standard InChI is InChI=1S/C26H34N4O6S/c1-2-3-4-22(27)25(28)37(34,35)21-11-7-19(8-12-21)24(32)23(17-18-5-9-20(31)10-6-18)29-26(33)30-13-15-36-16-14-30/h5-12,23,27-28,31,34-35H,2-4,13-17H2,1H3,(H,29,33)/t23-/m0/s1. The average molecular weight is 531 g/mol. The fourth-order valence-corrected chi connectivity index (χ4v) is 5.05. The lowest BCUT2D eigenvalue weighted by Gasteiger charge is -2.33. The third-order valence-electron chi connectivity index (χ3n) is 6.10. The molecule has 1 aliphatic heterocycles. The summed E-state index contributed by atoms with van der Waals surface area (Å²) in [6.07, 6.45) is 1.96. The van der Waals surface area contributed by atoms with E-state index in [0.717, 1.165) is 12.0 Å². The van der Waals surface area contributed by atoms with Crippen molar-refractivity contribution in [3.05, 3.63) is 59.7 Å². The molecule has 0 spiro atoms. The van der Waals surface area contributed by atoms with Crippen LogP contribution in [0.4, 0.5) is 4.79 Å². The molecule has 1 heterocycles. The van der Waals surface area contributed by atoms with E-state index in [1.54, 1.807) is 17.0 Å². The average Bonchev–Trinajstić information content (AvgIpc) is 2.92. The van der Waals surface area contributed by atoms with Gasteiger partial charge in [0.1, 0.15) is 5.75 Å². The Morgan fingerprint density at radius 2 is 1.68 bits per heavy atom. The minimum atomic E-state index is -3.68. The van der Waals surface area contributed by atoms with Crippen molar-refractivity contribution in [1.29, 1.82) is 10.8 Å². The van der Waals surface area contributed by atoms with Crippen molar-refractivity contribution in [2.45, 2.75) is 43.5 Å². The van der Waals surface area contributed by atoms with Gasteiger partial charge in [0.2, 0.25) is 0 Å². The maximum absolute atomic E-state index is 13.5. The molecule has 37 heavy (non-hydrogen) atoms. The molecule has 1 fully saturated rings. The number of ketones is 1. The van der Waals surface area contributed by atoms with Crippen LogP contribution in [0.3, 0.4) is 0 Å². The monoisotopic (exact) mass is 530 g/mol. The highest BCUT2D eigenvalue weighted by molar-refractivity contribution is 8.38. The van der Waals surface area contributed by atoms with Crippen LogP contribution < -0.4 is 5.32 Å². The smallest absolute Gasteiger partial charge is 0.318 e. The van der Waals surface area contributed by atoms with E-state index in [9.17, 15) is 23.8 Å². The molecule has 0 unspecified atom stereocenters. The van der Waals surface area contributed by atoms with Crippen molar-refractivity contribution in [3.8, 4) is 5.75 Å². The van der Waals surface area contributed by atoms with Crippen molar-refractivity contribution in [2.24, 2.45) is 0 Å². The minimum Gasteiger partial charge on any atom is -0.508 e. The number of phenolic OH excluding ortho intramolecular Hbond substituents is 1. The highest BCUT2D eigenvalue weighted by Crippen LogP contribution is 2.49. The normalized spacial score (nSPS) is 15.1. The summed E-state index contributed by atoms with van der Waals surface area (Å²) in [7, 11) is -3.68. The van der Waals surface area contributed by atoms with Crippen LogP contribution in [0.1, 0.15) is 42.1 Å². The first-order valence-corrected chi connectivity index (χ1v) is 13.7. The number of carbonyl (C=O) groups is 2. The number of nitrogens with zero attached hydrogens (tertiary/aromatic N) is 1. The van der Waals surface area contributed by atoms with E-state index in [4.69, 9.17) is 15.6 Å². The van der Waals surface area contributed by atoms with Crippen molar-refractivity contribution >= 4 is 33.2 Å². The SMILES string of the molecule is CCCCC(=N)C(=N)S(O)(O)c1ccc(C(=O)[C@H](Cc2ccc(O)cc2)NC(=O)N2CCOCC2)cc1. The number of Topliss-reactive ketones (excluding diaryl/α,β-unsaturated/α-hetero) is 1. The molecule has 0 bridgehead atoms. The number of amides is 2. The number of phenols is 1. The van der Waals surface area contributed by atoms with Gasteiger partial charge in [-0.3, -0.25) is 19.3 Å². The van der Waals surface area contributed by atoms with Crippen LogP contribution in [0, 0.1) is 10.8 Å². The lowest BCUT2D eigenvalue weighted by atomic mass is 9.97. The summed E-state index contributed by atoms with van der Waals surface area (Å²) in [5, 5.41) is 28.0. The van der Waals surface area contributed by atoms with Crippen LogP contribution in [0.25, 0.3) is 0 Å². The Morgan fingerprint density at radius 3 is 2.27 bits per heavy atom. The Kier molecular flexibility index (Phi) is 9.81. The lowest BCUT2D eigenvalue weighted by molar-refractivity contribution is 0.0522. The number of carbonyl (C=O) groups excluding carboxylic acids is 2. The molecule has 1 atom stereocenters. The van der Waals surface area contributed by atoms with E-state index in [2.05, 4.69) is 5.32 Å². The first kappa shape index (κ1) is 28.3. The van der Waals surface area contributed by atoms with Crippen LogP contribution in [-0.2, 0) is 11.2 Å². The molecular formula is C26H34N4O6S. The molecule has 200 valence electrons. The van der Waals surface area contributed by atoms with Gasteiger partial charge in [-0.1, -0.05) is 25.5 Å². The first-order valence-electron chi connectivity index (χ1n) is 12.1. The van der Waals surface area contributed by atoms with Gasteiger partial charge in [0.15, 0.2) is 10.8 Å². The van der Waals surface area contributed by atoms with E-state index in [0.29, 0.717) is 32.7 Å². The van der Waals surface area contributed by atoms with Crippen LogP contribution in [0.2, 0.25) is 0 Å². The zero-order chi connectivity index (χ0) is 27.0. The Bertz CT molecular complexity index is 1110. The minimum absolute atomic E-state index is 0.0442. The molecule has 0 aromatic heterocycles. The molecule has 3 rings (SSSR count). The summed E-state index contributed by atoms with van der Waals surface area (Å²) in [5.41, 5.74) is 0.864. The highest BCUT2D eigenvalue weighted by Gasteiger charge is 2.28. The zero-order valence-corrected chi connectivity index (χ0v) is 21.6. The van der Waals surface area contributed by atoms with Gasteiger partial charge < -0.3 is 25.5 Å². The van der Waals surface area contributed by atoms with Gasteiger partial charge in [0.25, 0.3) is 0 Å². The number of nitrogens with one attached hydrogen (secondary N) is 3. The molecule has 11 heteroatoms. The number of unbranched alkanes of at least 4 members (excludes halogenated alkanes) is 1. The number of hydrogen-bond donors (Lipinski definition) is 6. The van der Waals surface area contributed by atoms with Crippen molar-refractivity contribution < 1.29 is 28.5 Å². The Hall–Kier alpha value is -3.25. The van der Waals surface area contributed by atoms with E-state index in [1.165, 1.54) is 36.4 Å². The third kappa shape index (κ3) is 7.39. The molecule has 2 aromatic rings. The fraction of sp³-hybridized carbons (Fsp3) is 0.385. The molecule has 0 saturated carbocycles. The third-order valence-corrected chi connectivity index (χ3v) is 7.84. The second-order valence-electron chi connectivity index (χ2n) is 8.82. The quantitative estimate of drug-likeness (QED) is 0.150. The summed E-state index contributed by atoms with van der Waals surface area (Å²) in [6.45, 7) is 3.62. The topological polar surface area (TPSA) is 167 Å². The molecule has 10 nitrogen and oxygen atoms in total. The first-order chi connectivity index (χ1) is 17.6. The molecule has 0 aliphatic carbocycles. The summed E-state index contributed by atoms with van der Waals surface area (Å²) in [4.78, 5) is 27.9. The van der Waals surface area contributed by atoms with E-state index < -0.39 is 21.7 Å². The number of urea groups is 1. The van der Waals surface area contributed by atoms with Crippen molar-refractivity contribution in [1.82, 2.24) is 10.2 Å². The largest absolute Gasteiger partial charge is 0.508 e. The Labute approximate surface area is 218 Å². The molecule has 2 amide bonds. The summed E-state index contributed by atoms with van der Waals surface area (Å²) >= 11 is 0. The van der Waals surface area contributed by atoms with Crippen LogP contribution in [-0.4, -0.2) is 74.0 Å². The van der Waals surface area contributed by atoms with Gasteiger partial charge in [-0.05, 0) is 54.8 Å². The maximum atomic E-state index is 13.5. The number of hydrogen-bond acceptors (Lipinski definition) is 8. The number of ether oxygens (including phenoxy) is 1. The van der Waals surface area contributed by atoms with E-state index in [1.807, 2.05) is 6.92 Å². The molecule has 1 saturated heterocycles. The van der Waals surface area contributed by atoms with Gasteiger partial charge in [0, 0.05) is 25.1 Å². The molecular weight excluding hydrogens is 496 g/mol. The predicted molar refractivity (Wildman–Crippen MR) is 143 cm³/mol. The van der Waals surface area contributed by atoms with Gasteiger partial charge in [-0.15, -0.1) is 10.6 Å². The second-order valence-corrected chi connectivity index (χ2v) is 10.8. The van der Waals surface area contributed by atoms with E-state index in [-0.39, 0.29) is 46.6 Å². The molecule has 6 N–H and O–H groups in total. The number of aromatic hydroxyl groups is 1. The van der Waals surface area contributed by atoms with E-state index >= 15 is 0 Å². The van der Waals surface area contributed by atoms with Crippen LogP contribution >= 0.6 is 10.6 Å². The number of benzene rings is 2. The molecule has 2 aromatic carbocycles. The zero-order valence-electron chi connectivity index (χ0n) is 20.8. The van der Waals surface area contributed by atoms with Crippen LogP contribution in [0.15, 0.2) is 53.4 Å². The summed E-state index contributed by atoms with van der Waals surface area (Å²) in [5.74, 6) is -0.282. The Morgan fingerprint density at radius 1 is 1.05 bits per heavy atom. The highest BCUT2D eigenvalue weighted by atomic mass is 32.3. The van der Waals surface area contributed by atoms with Gasteiger partial charge in [0.05, 0.1) is 29.9 Å². The van der Waals surface area contributed by atoms with Crippen LogP contribution in [0.5, 0.6) is 5.75 Å². The van der Waals surface area contributed by atoms with Crippen molar-refractivity contribution in [2.75, 3.05) is 26.3 Å². The summed E-state index contributed by atoms with van der Waals surface area (Å²) < 4.78 is 26.6.